The molecule has 1 fully saturated rings. The quantitative estimate of drug-likeness (QED) is 0.599. The molecule has 9 heteroatoms. The maximum absolute atomic E-state index is 14.0. The summed E-state index contributed by atoms with van der Waals surface area (Å²) in [6, 6.07) is 12.7. The third kappa shape index (κ3) is 6.21. The molecule has 2 aromatic carbocycles. The summed E-state index contributed by atoms with van der Waals surface area (Å²) in [4.78, 5) is 23.6. The Morgan fingerprint density at radius 1 is 1.09 bits per heavy atom. The summed E-state index contributed by atoms with van der Waals surface area (Å²) in [5, 5.41) is 11.9. The van der Waals surface area contributed by atoms with Crippen LogP contribution in [0.3, 0.4) is 0 Å². The van der Waals surface area contributed by atoms with Crippen molar-refractivity contribution in [3.05, 3.63) is 76.5 Å². The molecule has 33 heavy (non-hydrogen) atoms. The number of benzene rings is 2. The van der Waals surface area contributed by atoms with Crippen LogP contribution < -0.4 is 5.32 Å². The number of carboxylic acids is 1. The van der Waals surface area contributed by atoms with Crippen molar-refractivity contribution >= 4 is 25.3 Å². The molecule has 3 rings (SSSR count). The minimum atomic E-state index is -1.25. The van der Waals surface area contributed by atoms with Gasteiger partial charge in [-0.1, -0.05) is 36.4 Å². The highest BCUT2D eigenvalue weighted by Crippen LogP contribution is 2.38. The number of hydrogen-bond acceptors (Lipinski definition) is 5. The number of carbonyl (C=O) groups excluding carboxylic acids is 1. The van der Waals surface area contributed by atoms with E-state index in [1.807, 2.05) is 58.0 Å². The Labute approximate surface area is 192 Å². The fourth-order valence-electron chi connectivity index (χ4n) is 3.18. The Balaban J connectivity index is 1.80. The predicted molar refractivity (Wildman–Crippen MR) is 122 cm³/mol. The maximum Gasteiger partial charge on any atom is 0.492 e. The number of aromatic carboxylic acids is 1. The SMILES string of the molecule is CC1(C)OB(C(=Cc2cc(F)cc(C(=O)O)c2)CNC(=O)OCc2ccccc2)OC1(C)C. The van der Waals surface area contributed by atoms with Crippen LogP contribution in [0.2, 0.25) is 0 Å². The molecular weight excluding hydrogens is 428 g/mol. The van der Waals surface area contributed by atoms with Crippen molar-refractivity contribution in [1.29, 1.82) is 0 Å². The van der Waals surface area contributed by atoms with Crippen molar-refractivity contribution in [2.24, 2.45) is 0 Å². The lowest BCUT2D eigenvalue weighted by atomic mass is 9.77. The number of amides is 1. The Hall–Kier alpha value is -3.17. The van der Waals surface area contributed by atoms with Gasteiger partial charge in [0.25, 0.3) is 0 Å². The van der Waals surface area contributed by atoms with E-state index in [-0.39, 0.29) is 18.7 Å². The second-order valence-corrected chi connectivity index (χ2v) is 8.80. The number of hydrogen-bond donors (Lipinski definition) is 2. The monoisotopic (exact) mass is 455 g/mol. The first-order chi connectivity index (χ1) is 15.5. The van der Waals surface area contributed by atoms with Gasteiger partial charge in [0, 0.05) is 6.54 Å². The van der Waals surface area contributed by atoms with E-state index in [0.717, 1.165) is 11.6 Å². The molecule has 174 valence electrons. The smallest absolute Gasteiger partial charge is 0.478 e. The summed E-state index contributed by atoms with van der Waals surface area (Å²) in [7, 11) is -0.832. The van der Waals surface area contributed by atoms with Gasteiger partial charge in [0.15, 0.2) is 0 Å². The molecule has 0 bridgehead atoms. The van der Waals surface area contributed by atoms with Crippen LogP contribution in [-0.4, -0.2) is 42.0 Å². The Morgan fingerprint density at radius 2 is 1.73 bits per heavy atom. The van der Waals surface area contributed by atoms with Gasteiger partial charge in [-0.25, -0.2) is 14.0 Å². The van der Waals surface area contributed by atoms with Gasteiger partial charge in [0.2, 0.25) is 0 Å². The van der Waals surface area contributed by atoms with Gasteiger partial charge in [0.1, 0.15) is 12.4 Å². The summed E-state index contributed by atoms with van der Waals surface area (Å²) in [5.74, 6) is -1.94. The molecule has 1 aliphatic heterocycles. The number of nitrogens with one attached hydrogen (secondary N) is 1. The number of carboxylic acid groups (broad SMARTS) is 1. The van der Waals surface area contributed by atoms with E-state index in [1.54, 1.807) is 6.08 Å². The van der Waals surface area contributed by atoms with Crippen LogP contribution in [0.5, 0.6) is 0 Å². The zero-order chi connectivity index (χ0) is 24.2. The van der Waals surface area contributed by atoms with Gasteiger partial charge >= 0.3 is 19.2 Å². The van der Waals surface area contributed by atoms with Gasteiger partial charge in [-0.2, -0.15) is 0 Å². The minimum Gasteiger partial charge on any atom is -0.478 e. The second-order valence-electron chi connectivity index (χ2n) is 8.80. The molecule has 2 N–H and O–H groups in total. The highest BCUT2D eigenvalue weighted by molar-refractivity contribution is 6.56. The van der Waals surface area contributed by atoms with Crippen molar-refractivity contribution in [1.82, 2.24) is 5.32 Å². The van der Waals surface area contributed by atoms with Crippen LogP contribution in [0.15, 0.2) is 54.0 Å². The molecule has 0 radical (unpaired) electrons. The normalized spacial score (nSPS) is 17.0. The standard InChI is InChI=1S/C24H27BFNO6/c1-23(2)24(3,4)33-25(32-23)19(11-17-10-18(21(28)29)13-20(26)12-17)14-27-22(30)31-15-16-8-6-5-7-9-16/h5-13H,14-15H2,1-4H3,(H,27,30)(H,28,29). The van der Waals surface area contributed by atoms with E-state index >= 15 is 0 Å². The minimum absolute atomic E-state index is 0.0105. The van der Waals surface area contributed by atoms with Gasteiger partial charge < -0.3 is 24.5 Å². The summed E-state index contributed by atoms with van der Waals surface area (Å²) in [5.41, 5.74) is 0.154. The number of rotatable bonds is 7. The molecule has 0 aliphatic carbocycles. The molecule has 2 aromatic rings. The molecule has 1 heterocycles. The van der Waals surface area contributed by atoms with Crippen molar-refractivity contribution in [2.45, 2.75) is 45.5 Å². The molecule has 1 saturated heterocycles. The first-order valence-corrected chi connectivity index (χ1v) is 10.5. The van der Waals surface area contributed by atoms with Crippen molar-refractivity contribution in [2.75, 3.05) is 6.54 Å². The first kappa shape index (κ1) is 24.5. The van der Waals surface area contributed by atoms with E-state index in [9.17, 15) is 19.1 Å². The molecule has 1 amide bonds. The number of carbonyl (C=O) groups is 2. The summed E-state index contributed by atoms with van der Waals surface area (Å²) >= 11 is 0. The molecule has 0 unspecified atom stereocenters. The number of halogens is 1. The van der Waals surface area contributed by atoms with Crippen LogP contribution >= 0.6 is 0 Å². The lowest BCUT2D eigenvalue weighted by molar-refractivity contribution is 0.00578. The third-order valence-electron chi connectivity index (χ3n) is 5.72. The van der Waals surface area contributed by atoms with E-state index in [0.29, 0.717) is 11.0 Å². The van der Waals surface area contributed by atoms with Crippen molar-refractivity contribution < 1.29 is 33.1 Å². The zero-order valence-corrected chi connectivity index (χ0v) is 19.1. The highest BCUT2D eigenvalue weighted by atomic mass is 19.1. The van der Waals surface area contributed by atoms with E-state index < -0.39 is 36.2 Å². The molecule has 1 aliphatic rings. The molecule has 0 atom stereocenters. The fraction of sp³-hybridized carbons (Fsp3) is 0.333. The van der Waals surface area contributed by atoms with Crippen LogP contribution in [0, 0.1) is 5.82 Å². The maximum atomic E-state index is 14.0. The summed E-state index contributed by atoms with van der Waals surface area (Å²) in [6.07, 6.45) is 0.904. The molecule has 7 nitrogen and oxygen atoms in total. The average Bonchev–Trinajstić information content (AvgIpc) is 2.96. The van der Waals surface area contributed by atoms with Gasteiger partial charge in [-0.05, 0) is 62.5 Å². The van der Waals surface area contributed by atoms with Crippen LogP contribution in [0.25, 0.3) is 6.08 Å². The largest absolute Gasteiger partial charge is 0.492 e. The Bertz CT molecular complexity index is 1040. The topological polar surface area (TPSA) is 94.1 Å². The third-order valence-corrected chi connectivity index (χ3v) is 5.72. The van der Waals surface area contributed by atoms with E-state index in [4.69, 9.17) is 14.0 Å². The molecular formula is C24H27BFNO6. The van der Waals surface area contributed by atoms with Gasteiger partial charge in [0.05, 0.1) is 16.8 Å². The second kappa shape index (κ2) is 9.76. The molecule has 0 aromatic heterocycles. The zero-order valence-electron chi connectivity index (χ0n) is 19.1. The van der Waals surface area contributed by atoms with E-state index in [2.05, 4.69) is 5.32 Å². The summed E-state index contributed by atoms with van der Waals surface area (Å²) < 4.78 is 31.4. The van der Waals surface area contributed by atoms with Crippen LogP contribution in [-0.2, 0) is 20.7 Å². The fourth-order valence-corrected chi connectivity index (χ4v) is 3.18. The molecule has 0 saturated carbocycles. The van der Waals surface area contributed by atoms with Crippen molar-refractivity contribution in [3.63, 3.8) is 0 Å². The van der Waals surface area contributed by atoms with Crippen LogP contribution in [0.4, 0.5) is 9.18 Å². The lowest BCUT2D eigenvalue weighted by Gasteiger charge is -2.32. The predicted octanol–water partition coefficient (Wildman–Crippen LogP) is 4.47. The Morgan fingerprint density at radius 3 is 2.33 bits per heavy atom. The number of ether oxygens (including phenoxy) is 1. The first-order valence-electron chi connectivity index (χ1n) is 10.5. The van der Waals surface area contributed by atoms with Gasteiger partial charge in [-0.15, -0.1) is 0 Å². The highest BCUT2D eigenvalue weighted by Gasteiger charge is 2.52. The lowest BCUT2D eigenvalue weighted by Crippen LogP contribution is -2.41. The van der Waals surface area contributed by atoms with Crippen LogP contribution in [0.1, 0.15) is 49.2 Å². The summed E-state index contributed by atoms with van der Waals surface area (Å²) in [6.45, 7) is 7.64. The average molecular weight is 455 g/mol. The van der Waals surface area contributed by atoms with Crippen molar-refractivity contribution in [3.8, 4) is 0 Å². The number of alkyl carbamates (subject to hydrolysis) is 1. The van der Waals surface area contributed by atoms with E-state index in [1.165, 1.54) is 12.1 Å². The Kier molecular flexibility index (Phi) is 7.24. The van der Waals surface area contributed by atoms with Gasteiger partial charge in [-0.3, -0.25) is 0 Å². The molecule has 0 spiro atoms.